The number of urea groups is 1. The minimum atomic E-state index is -0.0418. The number of furan rings is 1. The Morgan fingerprint density at radius 2 is 2.26 bits per heavy atom. The topological polar surface area (TPSA) is 74.2 Å². The van der Waals surface area contributed by atoms with Gasteiger partial charge in [0.25, 0.3) is 0 Å². The van der Waals surface area contributed by atoms with Gasteiger partial charge in [-0.3, -0.25) is 5.10 Å². The van der Waals surface area contributed by atoms with E-state index in [1.165, 1.54) is 6.42 Å². The Balaban J connectivity index is 1.37. The summed E-state index contributed by atoms with van der Waals surface area (Å²) in [7, 11) is 0. The maximum absolute atomic E-state index is 12.5. The van der Waals surface area contributed by atoms with Crippen LogP contribution in [-0.4, -0.2) is 27.2 Å². The summed E-state index contributed by atoms with van der Waals surface area (Å²) in [5.74, 6) is 3.25. The van der Waals surface area contributed by atoms with Crippen molar-refractivity contribution in [3.63, 3.8) is 0 Å². The van der Waals surface area contributed by atoms with Crippen molar-refractivity contribution in [3.8, 4) is 0 Å². The number of H-pyrrole nitrogens is 1. The van der Waals surface area contributed by atoms with Gasteiger partial charge in [0.05, 0.1) is 18.8 Å². The lowest BCUT2D eigenvalue weighted by molar-refractivity contribution is 0.186. The molecule has 0 aromatic carbocycles. The molecule has 2 aromatic heterocycles. The van der Waals surface area contributed by atoms with Gasteiger partial charge < -0.3 is 14.6 Å². The zero-order valence-electron chi connectivity index (χ0n) is 13.3. The minimum absolute atomic E-state index is 0.0418. The van der Waals surface area contributed by atoms with Crippen LogP contribution >= 0.6 is 0 Å². The lowest BCUT2D eigenvalue weighted by Gasteiger charge is -2.21. The van der Waals surface area contributed by atoms with Gasteiger partial charge in [-0.25, -0.2) is 4.79 Å². The number of amides is 2. The lowest BCUT2D eigenvalue weighted by Crippen LogP contribution is -2.40. The molecule has 6 heteroatoms. The molecule has 4 rings (SSSR count). The molecule has 0 spiro atoms. The third-order valence-corrected chi connectivity index (χ3v) is 4.72. The van der Waals surface area contributed by atoms with Gasteiger partial charge in [0.2, 0.25) is 0 Å². The molecule has 23 heavy (non-hydrogen) atoms. The van der Waals surface area contributed by atoms with Gasteiger partial charge >= 0.3 is 6.03 Å². The van der Waals surface area contributed by atoms with Gasteiger partial charge in [-0.1, -0.05) is 6.92 Å². The summed E-state index contributed by atoms with van der Waals surface area (Å²) in [4.78, 5) is 14.4. The number of nitrogens with zero attached hydrogens (tertiary/aromatic N) is 2. The fraction of sp³-hybridized carbons (Fsp3) is 0.529. The van der Waals surface area contributed by atoms with Gasteiger partial charge in [-0.15, -0.1) is 0 Å². The van der Waals surface area contributed by atoms with Crippen molar-refractivity contribution in [1.29, 1.82) is 0 Å². The van der Waals surface area contributed by atoms with E-state index in [4.69, 9.17) is 4.42 Å². The molecule has 0 saturated heterocycles. The van der Waals surface area contributed by atoms with E-state index >= 15 is 0 Å². The first kappa shape index (κ1) is 14.4. The van der Waals surface area contributed by atoms with Crippen LogP contribution in [0, 0.1) is 5.92 Å². The molecule has 2 aliphatic rings. The van der Waals surface area contributed by atoms with Crippen LogP contribution in [0.25, 0.3) is 0 Å². The monoisotopic (exact) mass is 314 g/mol. The van der Waals surface area contributed by atoms with Crippen molar-refractivity contribution >= 4 is 6.03 Å². The molecule has 0 radical (unpaired) electrons. The summed E-state index contributed by atoms with van der Waals surface area (Å²) in [5, 5.41) is 9.69. The largest absolute Gasteiger partial charge is 0.464 e. The fourth-order valence-electron chi connectivity index (χ4n) is 2.97. The molecule has 2 amide bonds. The average molecular weight is 314 g/mol. The van der Waals surface area contributed by atoms with Crippen LogP contribution in [0.15, 0.2) is 28.8 Å². The maximum Gasteiger partial charge on any atom is 0.318 e. The first-order valence-electron chi connectivity index (χ1n) is 8.32. The Kier molecular flexibility index (Phi) is 3.59. The SMILES string of the molecule is CC1CC1c1ccc(CN(C(=O)NCc2ccn[nH]2)C2CC2)o1. The molecule has 0 bridgehead atoms. The van der Waals surface area contributed by atoms with Gasteiger partial charge in [0.15, 0.2) is 0 Å². The number of hydrogen-bond donors (Lipinski definition) is 2. The quantitative estimate of drug-likeness (QED) is 0.860. The molecular formula is C17H22N4O2. The van der Waals surface area contributed by atoms with Gasteiger partial charge in [-0.05, 0) is 43.4 Å². The summed E-state index contributed by atoms with van der Waals surface area (Å²) in [6.07, 6.45) is 5.04. The Morgan fingerprint density at radius 1 is 1.43 bits per heavy atom. The van der Waals surface area contributed by atoms with Gasteiger partial charge in [0, 0.05) is 18.2 Å². The van der Waals surface area contributed by atoms with Crippen LogP contribution in [0.3, 0.4) is 0 Å². The number of rotatable bonds is 6. The molecule has 6 nitrogen and oxygen atoms in total. The number of carbonyl (C=O) groups is 1. The molecule has 2 heterocycles. The van der Waals surface area contributed by atoms with Crippen LogP contribution in [0.2, 0.25) is 0 Å². The summed E-state index contributed by atoms with van der Waals surface area (Å²) in [6, 6.07) is 6.23. The third-order valence-electron chi connectivity index (χ3n) is 4.72. The number of aromatic amines is 1. The highest BCUT2D eigenvalue weighted by atomic mass is 16.3. The number of aromatic nitrogens is 2. The summed E-state index contributed by atoms with van der Waals surface area (Å²) >= 11 is 0. The van der Waals surface area contributed by atoms with Gasteiger partial charge in [-0.2, -0.15) is 5.10 Å². The van der Waals surface area contributed by atoms with Crippen molar-refractivity contribution in [1.82, 2.24) is 20.4 Å². The van der Waals surface area contributed by atoms with E-state index in [1.54, 1.807) is 6.20 Å². The van der Waals surface area contributed by atoms with Gasteiger partial charge in [0.1, 0.15) is 11.5 Å². The molecule has 2 aliphatic carbocycles. The minimum Gasteiger partial charge on any atom is -0.464 e. The molecule has 2 saturated carbocycles. The Morgan fingerprint density at radius 3 is 2.91 bits per heavy atom. The highest BCUT2D eigenvalue weighted by Crippen LogP contribution is 2.47. The van der Waals surface area contributed by atoms with Crippen LogP contribution in [0.1, 0.15) is 49.3 Å². The summed E-state index contributed by atoms with van der Waals surface area (Å²) < 4.78 is 5.95. The van der Waals surface area contributed by atoms with Crippen molar-refractivity contribution in [3.05, 3.63) is 41.6 Å². The molecular weight excluding hydrogens is 292 g/mol. The molecule has 2 atom stereocenters. The van der Waals surface area contributed by atoms with Crippen LogP contribution < -0.4 is 5.32 Å². The van der Waals surface area contributed by atoms with Crippen LogP contribution in [0.5, 0.6) is 0 Å². The van der Waals surface area contributed by atoms with Crippen molar-refractivity contribution < 1.29 is 9.21 Å². The first-order valence-corrected chi connectivity index (χ1v) is 8.32. The van der Waals surface area contributed by atoms with Crippen molar-refractivity contribution in [2.24, 2.45) is 5.92 Å². The lowest BCUT2D eigenvalue weighted by atomic mass is 10.3. The normalized spacial score (nSPS) is 22.8. The van der Waals surface area contributed by atoms with Crippen molar-refractivity contribution in [2.75, 3.05) is 0 Å². The van der Waals surface area contributed by atoms with E-state index in [2.05, 4.69) is 28.5 Å². The third kappa shape index (κ3) is 3.25. The highest BCUT2D eigenvalue weighted by molar-refractivity contribution is 5.74. The zero-order valence-corrected chi connectivity index (χ0v) is 13.3. The molecule has 2 unspecified atom stereocenters. The zero-order chi connectivity index (χ0) is 15.8. The van der Waals surface area contributed by atoms with E-state index in [1.807, 2.05) is 17.0 Å². The van der Waals surface area contributed by atoms with E-state index < -0.39 is 0 Å². The van der Waals surface area contributed by atoms with E-state index in [-0.39, 0.29) is 6.03 Å². The summed E-state index contributed by atoms with van der Waals surface area (Å²) in [5.41, 5.74) is 0.900. The molecule has 2 N–H and O–H groups in total. The van der Waals surface area contributed by atoms with Crippen LogP contribution in [-0.2, 0) is 13.1 Å². The highest BCUT2D eigenvalue weighted by Gasteiger charge is 2.37. The number of carbonyl (C=O) groups excluding carboxylic acids is 1. The Hall–Kier alpha value is -2.24. The predicted molar refractivity (Wildman–Crippen MR) is 84.6 cm³/mol. The molecule has 2 fully saturated rings. The average Bonchev–Trinajstić information content (AvgIpc) is 3.40. The Labute approximate surface area is 135 Å². The van der Waals surface area contributed by atoms with Crippen molar-refractivity contribution in [2.45, 2.75) is 51.2 Å². The summed E-state index contributed by atoms with van der Waals surface area (Å²) in [6.45, 7) is 3.25. The standard InChI is InChI=1S/C17H22N4O2/c1-11-8-15(11)16-5-4-14(23-16)10-21(13-2-3-13)17(22)18-9-12-6-7-19-20-12/h4-7,11,13,15H,2-3,8-10H2,1H3,(H,18,22)(H,19,20). The number of nitrogens with one attached hydrogen (secondary N) is 2. The smallest absolute Gasteiger partial charge is 0.318 e. The van der Waals surface area contributed by atoms with E-state index in [0.717, 1.165) is 36.0 Å². The molecule has 122 valence electrons. The van der Waals surface area contributed by atoms with Crippen LogP contribution in [0.4, 0.5) is 4.79 Å². The fourth-order valence-corrected chi connectivity index (χ4v) is 2.97. The van der Waals surface area contributed by atoms with E-state index in [9.17, 15) is 4.79 Å². The van der Waals surface area contributed by atoms with E-state index in [0.29, 0.717) is 25.0 Å². The Bertz CT molecular complexity index is 675. The number of hydrogen-bond acceptors (Lipinski definition) is 3. The first-order chi connectivity index (χ1) is 11.2. The maximum atomic E-state index is 12.5. The molecule has 2 aromatic rings. The second-order valence-electron chi connectivity index (χ2n) is 6.72. The second kappa shape index (κ2) is 5.76. The second-order valence-corrected chi connectivity index (χ2v) is 6.72. The predicted octanol–water partition coefficient (Wildman–Crippen LogP) is 3.00. The molecule has 0 aliphatic heterocycles.